The molecule has 1 saturated heterocycles. The Bertz CT molecular complexity index is 868. The topological polar surface area (TPSA) is 59.1 Å². The van der Waals surface area contributed by atoms with Crippen LogP contribution in [0.1, 0.15) is 34.3 Å². The highest BCUT2D eigenvalue weighted by Gasteiger charge is 2.26. The van der Waals surface area contributed by atoms with Crippen LogP contribution in [0.5, 0.6) is 11.5 Å². The first kappa shape index (κ1) is 21.7. The quantitative estimate of drug-likeness (QED) is 0.656. The molecule has 0 radical (unpaired) electrons. The number of ether oxygens (including phenoxy) is 2. The molecule has 3 rings (SSSR count). The highest BCUT2D eigenvalue weighted by Crippen LogP contribution is 2.23. The first-order valence-electron chi connectivity index (χ1n) is 10.4. The van der Waals surface area contributed by atoms with Gasteiger partial charge in [0.05, 0.1) is 19.3 Å². The van der Waals surface area contributed by atoms with Crippen molar-refractivity contribution in [1.29, 1.82) is 0 Å². The highest BCUT2D eigenvalue weighted by atomic mass is 16.5. The van der Waals surface area contributed by atoms with E-state index in [1.165, 1.54) is 0 Å². The molecular formula is C24H30N2O4. The lowest BCUT2D eigenvalue weighted by Gasteiger charge is -2.35. The van der Waals surface area contributed by atoms with Crippen LogP contribution in [0.15, 0.2) is 42.5 Å². The molecule has 6 nitrogen and oxygen atoms in total. The molecule has 0 aliphatic carbocycles. The molecule has 0 N–H and O–H groups in total. The second-order valence-electron chi connectivity index (χ2n) is 7.55. The van der Waals surface area contributed by atoms with E-state index in [2.05, 4.69) is 0 Å². The van der Waals surface area contributed by atoms with Crippen molar-refractivity contribution in [2.45, 2.75) is 26.7 Å². The fourth-order valence-electron chi connectivity index (χ4n) is 3.73. The zero-order valence-corrected chi connectivity index (χ0v) is 18.0. The van der Waals surface area contributed by atoms with E-state index in [9.17, 15) is 9.59 Å². The second kappa shape index (κ2) is 10.1. The van der Waals surface area contributed by atoms with Crippen molar-refractivity contribution in [3.8, 4) is 11.5 Å². The molecule has 2 aromatic rings. The van der Waals surface area contributed by atoms with Crippen LogP contribution in [0.3, 0.4) is 0 Å². The smallest absolute Gasteiger partial charge is 0.257 e. The van der Waals surface area contributed by atoms with Crippen molar-refractivity contribution >= 4 is 11.8 Å². The van der Waals surface area contributed by atoms with E-state index in [0.717, 1.165) is 16.9 Å². The molecule has 160 valence electrons. The molecule has 1 heterocycles. The van der Waals surface area contributed by atoms with Gasteiger partial charge in [0.25, 0.3) is 5.91 Å². The Morgan fingerprint density at radius 1 is 0.900 bits per heavy atom. The highest BCUT2D eigenvalue weighted by molar-refractivity contribution is 5.97. The van der Waals surface area contributed by atoms with Crippen LogP contribution >= 0.6 is 0 Å². The molecule has 30 heavy (non-hydrogen) atoms. The molecule has 6 heteroatoms. The van der Waals surface area contributed by atoms with Gasteiger partial charge in [0, 0.05) is 32.6 Å². The van der Waals surface area contributed by atoms with Crippen LogP contribution < -0.4 is 9.47 Å². The lowest BCUT2D eigenvalue weighted by Crippen LogP contribution is -2.50. The fourth-order valence-corrected chi connectivity index (χ4v) is 3.73. The minimum Gasteiger partial charge on any atom is -0.496 e. The zero-order chi connectivity index (χ0) is 21.5. The summed E-state index contributed by atoms with van der Waals surface area (Å²) in [5.74, 6) is 1.55. The largest absolute Gasteiger partial charge is 0.496 e. The summed E-state index contributed by atoms with van der Waals surface area (Å²) in [4.78, 5) is 28.9. The third-order valence-electron chi connectivity index (χ3n) is 5.45. The van der Waals surface area contributed by atoms with Crippen LogP contribution in [0.2, 0.25) is 0 Å². The third kappa shape index (κ3) is 5.12. The van der Waals surface area contributed by atoms with Gasteiger partial charge in [-0.1, -0.05) is 30.3 Å². The average molecular weight is 411 g/mol. The predicted octanol–water partition coefficient (Wildman–Crippen LogP) is 3.46. The Morgan fingerprint density at radius 2 is 1.53 bits per heavy atom. The Morgan fingerprint density at radius 3 is 2.20 bits per heavy atom. The van der Waals surface area contributed by atoms with Gasteiger partial charge in [0.15, 0.2) is 0 Å². The maximum absolute atomic E-state index is 12.8. The molecule has 0 aromatic heterocycles. The summed E-state index contributed by atoms with van der Waals surface area (Å²) >= 11 is 0. The molecular weight excluding hydrogens is 380 g/mol. The van der Waals surface area contributed by atoms with Gasteiger partial charge < -0.3 is 19.3 Å². The first-order valence-corrected chi connectivity index (χ1v) is 10.4. The summed E-state index contributed by atoms with van der Waals surface area (Å²) in [6.07, 6.45) is 1.12. The summed E-state index contributed by atoms with van der Waals surface area (Å²) in [7, 11) is 1.56. The summed E-state index contributed by atoms with van der Waals surface area (Å²) in [5.41, 5.74) is 2.78. The minimum absolute atomic E-state index is 0.0541. The molecule has 0 atom stereocenters. The van der Waals surface area contributed by atoms with Crippen LogP contribution in [-0.2, 0) is 4.79 Å². The van der Waals surface area contributed by atoms with Crippen molar-refractivity contribution < 1.29 is 19.1 Å². The standard InChI is InChI=1S/C24H30N2O4/c1-18-8-6-9-19(2)23(18)30-17-7-12-22(27)25-13-15-26(16-14-25)24(28)20-10-4-5-11-21(20)29-3/h4-6,8-11H,7,12-17H2,1-3H3. The van der Waals surface area contributed by atoms with Crippen molar-refractivity contribution in [2.24, 2.45) is 0 Å². The van der Waals surface area contributed by atoms with Gasteiger partial charge in [-0.3, -0.25) is 9.59 Å². The van der Waals surface area contributed by atoms with Gasteiger partial charge >= 0.3 is 0 Å². The molecule has 0 bridgehead atoms. The van der Waals surface area contributed by atoms with Gasteiger partial charge in [0.1, 0.15) is 11.5 Å². The van der Waals surface area contributed by atoms with Crippen LogP contribution in [0.25, 0.3) is 0 Å². The van der Waals surface area contributed by atoms with Crippen LogP contribution in [0, 0.1) is 13.8 Å². The summed E-state index contributed by atoms with van der Waals surface area (Å²) in [5, 5.41) is 0. The number of carbonyl (C=O) groups is 2. The van der Waals surface area contributed by atoms with E-state index >= 15 is 0 Å². The number of para-hydroxylation sites is 2. The predicted molar refractivity (Wildman–Crippen MR) is 116 cm³/mol. The van der Waals surface area contributed by atoms with Crippen molar-refractivity contribution in [3.05, 3.63) is 59.2 Å². The SMILES string of the molecule is COc1ccccc1C(=O)N1CCN(C(=O)CCCOc2c(C)cccc2C)CC1. The maximum atomic E-state index is 12.8. The molecule has 2 aromatic carbocycles. The Kier molecular flexibility index (Phi) is 7.33. The number of benzene rings is 2. The monoisotopic (exact) mass is 410 g/mol. The second-order valence-corrected chi connectivity index (χ2v) is 7.55. The van der Waals surface area contributed by atoms with E-state index in [4.69, 9.17) is 9.47 Å². The third-order valence-corrected chi connectivity index (χ3v) is 5.45. The summed E-state index contributed by atoms with van der Waals surface area (Å²) < 4.78 is 11.2. The summed E-state index contributed by atoms with van der Waals surface area (Å²) in [6, 6.07) is 13.3. The average Bonchev–Trinajstić information content (AvgIpc) is 2.77. The molecule has 0 spiro atoms. The van der Waals surface area contributed by atoms with Crippen LogP contribution in [0.4, 0.5) is 0 Å². The van der Waals surface area contributed by atoms with Gasteiger partial charge in [-0.15, -0.1) is 0 Å². The van der Waals surface area contributed by atoms with Gasteiger partial charge in [-0.25, -0.2) is 0 Å². The lowest BCUT2D eigenvalue weighted by atomic mass is 10.1. The van der Waals surface area contributed by atoms with E-state index < -0.39 is 0 Å². The normalized spacial score (nSPS) is 13.8. The summed E-state index contributed by atoms with van der Waals surface area (Å²) in [6.45, 7) is 6.74. The van der Waals surface area contributed by atoms with E-state index in [1.807, 2.05) is 49.1 Å². The van der Waals surface area contributed by atoms with Gasteiger partial charge in [-0.05, 0) is 43.5 Å². The van der Waals surface area contributed by atoms with Gasteiger partial charge in [-0.2, -0.15) is 0 Å². The Hall–Kier alpha value is -3.02. The lowest BCUT2D eigenvalue weighted by molar-refractivity contribution is -0.132. The van der Waals surface area contributed by atoms with E-state index in [0.29, 0.717) is 56.9 Å². The van der Waals surface area contributed by atoms with E-state index in [-0.39, 0.29) is 11.8 Å². The fraction of sp³-hybridized carbons (Fsp3) is 0.417. The van der Waals surface area contributed by atoms with Crippen molar-refractivity contribution in [1.82, 2.24) is 9.80 Å². The number of amides is 2. The molecule has 2 amide bonds. The number of piperazine rings is 1. The molecule has 1 aliphatic rings. The zero-order valence-electron chi connectivity index (χ0n) is 18.0. The molecule has 1 aliphatic heterocycles. The number of rotatable bonds is 7. The minimum atomic E-state index is -0.0541. The molecule has 0 saturated carbocycles. The number of hydrogen-bond donors (Lipinski definition) is 0. The number of carbonyl (C=O) groups excluding carboxylic acids is 2. The molecule has 1 fully saturated rings. The van der Waals surface area contributed by atoms with Gasteiger partial charge in [0.2, 0.25) is 5.91 Å². The Balaban J connectivity index is 1.43. The molecule has 0 unspecified atom stereocenters. The maximum Gasteiger partial charge on any atom is 0.257 e. The van der Waals surface area contributed by atoms with Crippen molar-refractivity contribution in [3.63, 3.8) is 0 Å². The number of aryl methyl sites for hydroxylation is 2. The first-order chi connectivity index (χ1) is 14.5. The Labute approximate surface area is 178 Å². The number of nitrogens with zero attached hydrogens (tertiary/aromatic N) is 2. The van der Waals surface area contributed by atoms with Crippen LogP contribution in [-0.4, -0.2) is 61.5 Å². The number of hydrogen-bond acceptors (Lipinski definition) is 4. The van der Waals surface area contributed by atoms with Crippen molar-refractivity contribution in [2.75, 3.05) is 39.9 Å². The van der Waals surface area contributed by atoms with E-state index in [1.54, 1.807) is 24.1 Å². The number of methoxy groups -OCH3 is 1.